The first-order chi connectivity index (χ1) is 38.6. The van der Waals surface area contributed by atoms with Crippen LogP contribution in [-0.2, 0) is 23.7 Å². The average molecular weight is 1130 g/mol. The Bertz CT molecular complexity index is 1380. The highest BCUT2D eigenvalue weighted by molar-refractivity contribution is 5.76. The number of carbonyl (C=O) groups excluding carboxylic acids is 1. The van der Waals surface area contributed by atoms with Crippen LogP contribution in [0.5, 0.6) is 0 Å². The number of nitrogens with one attached hydrogen (secondary N) is 1. The maximum absolute atomic E-state index is 13.3. The van der Waals surface area contributed by atoms with Crippen molar-refractivity contribution in [2.45, 2.75) is 376 Å². The Kier molecular flexibility index (Phi) is 47.8. The lowest BCUT2D eigenvalue weighted by atomic mass is 9.97. The van der Waals surface area contributed by atoms with Crippen molar-refractivity contribution in [2.75, 3.05) is 19.8 Å². The highest BCUT2D eigenvalue weighted by atomic mass is 16.7. The second-order valence-electron chi connectivity index (χ2n) is 24.0. The van der Waals surface area contributed by atoms with Gasteiger partial charge in [-0.2, -0.15) is 0 Å². The summed E-state index contributed by atoms with van der Waals surface area (Å²) in [6.07, 6.45) is 44.1. The van der Waals surface area contributed by atoms with E-state index >= 15 is 0 Å². The molecule has 12 unspecified atom stereocenters. The summed E-state index contributed by atoms with van der Waals surface area (Å²) in [5.41, 5.74) is 0. The molecule has 14 heteroatoms. The Morgan fingerprint density at radius 3 is 1.16 bits per heavy atom. The predicted octanol–water partition coefficient (Wildman–Crippen LogP) is 12.6. The minimum atomic E-state index is -1.79. The third-order valence-corrected chi connectivity index (χ3v) is 16.7. The van der Waals surface area contributed by atoms with E-state index in [1.165, 1.54) is 238 Å². The lowest BCUT2D eigenvalue weighted by Crippen LogP contribution is -2.65. The quantitative estimate of drug-likeness (QED) is 0.0204. The highest BCUT2D eigenvalue weighted by Crippen LogP contribution is 2.30. The fourth-order valence-corrected chi connectivity index (χ4v) is 11.4. The van der Waals surface area contributed by atoms with Crippen LogP contribution >= 0.6 is 0 Å². The maximum atomic E-state index is 13.3. The van der Waals surface area contributed by atoms with Gasteiger partial charge in [-0.25, -0.2) is 0 Å². The van der Waals surface area contributed by atoms with Crippen LogP contribution in [0.25, 0.3) is 0 Å². The summed E-state index contributed by atoms with van der Waals surface area (Å²) in [6, 6.07) is -0.910. The first kappa shape index (κ1) is 73.8. The van der Waals surface area contributed by atoms with E-state index in [4.69, 9.17) is 18.9 Å². The van der Waals surface area contributed by atoms with Crippen LogP contribution in [0.15, 0.2) is 12.2 Å². The number of rotatable bonds is 55. The molecule has 2 aliphatic rings. The molecule has 1 amide bonds. The van der Waals surface area contributed by atoms with Crippen molar-refractivity contribution in [1.82, 2.24) is 5.32 Å². The number of unbranched alkanes of at least 4 members (excludes halogenated alkanes) is 42. The summed E-state index contributed by atoms with van der Waals surface area (Å²) < 4.78 is 22.8. The summed E-state index contributed by atoms with van der Waals surface area (Å²) in [5.74, 6) is -0.233. The molecule has 0 bridgehead atoms. The second-order valence-corrected chi connectivity index (χ2v) is 24.0. The van der Waals surface area contributed by atoms with E-state index in [2.05, 4.69) is 19.2 Å². The van der Waals surface area contributed by atoms with Crippen molar-refractivity contribution in [3.8, 4) is 0 Å². The summed E-state index contributed by atoms with van der Waals surface area (Å²) in [5, 5.41) is 87.3. The molecule has 14 nitrogen and oxygen atoms in total. The fourth-order valence-electron chi connectivity index (χ4n) is 11.4. The molecule has 12 atom stereocenters. The molecule has 2 fully saturated rings. The van der Waals surface area contributed by atoms with Gasteiger partial charge in [-0.1, -0.05) is 289 Å². The first-order valence-electron chi connectivity index (χ1n) is 33.4. The van der Waals surface area contributed by atoms with E-state index in [1.54, 1.807) is 6.08 Å². The average Bonchev–Trinajstić information content (AvgIpc) is 3.47. The number of allylic oxidation sites excluding steroid dienone is 1. The van der Waals surface area contributed by atoms with Gasteiger partial charge in [0.1, 0.15) is 48.8 Å². The van der Waals surface area contributed by atoms with Gasteiger partial charge in [-0.05, 0) is 19.3 Å². The molecule has 0 aliphatic carbocycles. The predicted molar refractivity (Wildman–Crippen MR) is 319 cm³/mol. The normalized spacial score (nSPS) is 24.4. The van der Waals surface area contributed by atoms with Crippen LogP contribution in [-0.4, -0.2) is 140 Å². The largest absolute Gasteiger partial charge is 0.394 e. The van der Waals surface area contributed by atoms with Crippen molar-refractivity contribution >= 4 is 5.91 Å². The fraction of sp³-hybridized carbons (Fsp3) is 0.954. The van der Waals surface area contributed by atoms with Crippen LogP contribution in [0, 0.1) is 0 Å². The molecule has 0 radical (unpaired) electrons. The number of hydrogen-bond donors (Lipinski definition) is 9. The molecule has 0 spiro atoms. The Morgan fingerprint density at radius 2 is 0.785 bits per heavy atom. The topological polar surface area (TPSA) is 228 Å². The van der Waals surface area contributed by atoms with E-state index in [9.17, 15) is 45.6 Å². The Morgan fingerprint density at radius 1 is 0.443 bits per heavy atom. The molecule has 0 aromatic rings. The summed E-state index contributed by atoms with van der Waals surface area (Å²) in [7, 11) is 0. The van der Waals surface area contributed by atoms with Crippen LogP contribution in [0.4, 0.5) is 0 Å². The molecule has 468 valence electrons. The van der Waals surface area contributed by atoms with Gasteiger partial charge in [0, 0.05) is 6.42 Å². The van der Waals surface area contributed by atoms with Crippen molar-refractivity contribution in [1.29, 1.82) is 0 Å². The van der Waals surface area contributed by atoms with Crippen LogP contribution in [0.1, 0.15) is 303 Å². The number of aliphatic hydroxyl groups is 8. The molecule has 0 saturated carbocycles. The smallest absolute Gasteiger partial charge is 0.220 e. The SMILES string of the molecule is CCCCCCCCCCCCCCCCCCCCCCCCCCCC/C=C/C(O)C(COC1OC(CO)C(OC2OC(CO)C(O)C(O)C2O)C(O)C1O)NC(=O)CCCCCCCCCCCCCCCCCCC. The van der Waals surface area contributed by atoms with E-state index < -0.39 is 86.8 Å². The van der Waals surface area contributed by atoms with Gasteiger partial charge >= 0.3 is 0 Å². The van der Waals surface area contributed by atoms with E-state index in [-0.39, 0.29) is 18.9 Å². The van der Waals surface area contributed by atoms with Crippen molar-refractivity contribution in [3.05, 3.63) is 12.2 Å². The minimum Gasteiger partial charge on any atom is -0.394 e. The number of carbonyl (C=O) groups is 1. The van der Waals surface area contributed by atoms with Gasteiger partial charge in [0.15, 0.2) is 12.6 Å². The third kappa shape index (κ3) is 36.2. The number of amides is 1. The van der Waals surface area contributed by atoms with E-state index in [0.717, 1.165) is 38.5 Å². The summed E-state index contributed by atoms with van der Waals surface area (Å²) in [4.78, 5) is 13.3. The summed E-state index contributed by atoms with van der Waals surface area (Å²) >= 11 is 0. The zero-order valence-corrected chi connectivity index (χ0v) is 50.6. The molecule has 2 heterocycles. The van der Waals surface area contributed by atoms with Gasteiger partial charge in [0.25, 0.3) is 0 Å². The first-order valence-corrected chi connectivity index (χ1v) is 33.4. The lowest BCUT2D eigenvalue weighted by molar-refractivity contribution is -0.359. The van der Waals surface area contributed by atoms with Gasteiger partial charge in [-0.15, -0.1) is 0 Å². The van der Waals surface area contributed by atoms with Gasteiger partial charge in [-0.3, -0.25) is 4.79 Å². The monoisotopic (exact) mass is 1130 g/mol. The molecule has 9 N–H and O–H groups in total. The standard InChI is InChI=1S/C65H125NO13/c1-3-5-7-9-11-13-15-17-19-21-22-23-24-25-26-27-28-29-30-31-33-34-36-38-40-42-44-46-48-54(69)53(66-57(70)49-47-45-43-41-39-37-35-32-20-18-16-14-12-10-8-6-4-2)52-76-64-62(75)60(73)63(56(51-68)78-64)79-65-61(74)59(72)58(71)55(50-67)77-65/h46,48,53-56,58-65,67-69,71-75H,3-45,47,49-52H2,1-2H3,(H,66,70)/b48-46+. The molecule has 79 heavy (non-hydrogen) atoms. The maximum Gasteiger partial charge on any atom is 0.220 e. The Labute approximate surface area is 482 Å². The number of hydrogen-bond acceptors (Lipinski definition) is 13. The Hall–Kier alpha value is -1.27. The molecule has 2 saturated heterocycles. The molecule has 0 aromatic carbocycles. The van der Waals surface area contributed by atoms with Crippen LogP contribution < -0.4 is 5.32 Å². The number of ether oxygens (including phenoxy) is 4. The summed E-state index contributed by atoms with van der Waals surface area (Å²) in [6.45, 7) is 2.85. The van der Waals surface area contributed by atoms with E-state index in [1.807, 2.05) is 6.08 Å². The Balaban J connectivity index is 1.69. The van der Waals surface area contributed by atoms with Gasteiger partial charge < -0.3 is 65.1 Å². The zero-order chi connectivity index (χ0) is 57.4. The van der Waals surface area contributed by atoms with Gasteiger partial charge in [0.05, 0.1) is 32.0 Å². The third-order valence-electron chi connectivity index (χ3n) is 16.7. The van der Waals surface area contributed by atoms with Crippen molar-refractivity contribution < 1.29 is 64.6 Å². The van der Waals surface area contributed by atoms with Crippen LogP contribution in [0.3, 0.4) is 0 Å². The highest BCUT2D eigenvalue weighted by Gasteiger charge is 2.51. The zero-order valence-electron chi connectivity index (χ0n) is 50.6. The molecule has 2 rings (SSSR count). The molecule has 2 aliphatic heterocycles. The minimum absolute atomic E-state index is 0.233. The van der Waals surface area contributed by atoms with Gasteiger partial charge in [0.2, 0.25) is 5.91 Å². The van der Waals surface area contributed by atoms with E-state index in [0.29, 0.717) is 6.42 Å². The number of aliphatic hydroxyl groups excluding tert-OH is 8. The molecule has 0 aromatic heterocycles. The molecular weight excluding hydrogens is 1000 g/mol. The van der Waals surface area contributed by atoms with Crippen molar-refractivity contribution in [3.63, 3.8) is 0 Å². The lowest BCUT2D eigenvalue weighted by Gasteiger charge is -2.46. The van der Waals surface area contributed by atoms with Crippen molar-refractivity contribution in [2.24, 2.45) is 0 Å². The van der Waals surface area contributed by atoms with Crippen LogP contribution in [0.2, 0.25) is 0 Å². The second kappa shape index (κ2) is 51.2. The molecular formula is C65H125NO13.